The van der Waals surface area contributed by atoms with E-state index in [1.807, 2.05) is 31.2 Å². The van der Waals surface area contributed by atoms with Crippen LogP contribution in [0.5, 0.6) is 0 Å². The fraction of sp³-hybridized carbons (Fsp3) is 0.312. The average molecular weight is 281 g/mol. The predicted molar refractivity (Wildman–Crippen MR) is 86.3 cm³/mol. The Bertz CT molecular complexity index is 745. The van der Waals surface area contributed by atoms with Gasteiger partial charge in [-0.05, 0) is 31.9 Å². The number of guanidine groups is 1. The van der Waals surface area contributed by atoms with Gasteiger partial charge in [0, 0.05) is 11.1 Å². The molecule has 0 amide bonds. The Hall–Kier alpha value is -2.43. The number of anilines is 1. The van der Waals surface area contributed by atoms with E-state index in [9.17, 15) is 0 Å². The van der Waals surface area contributed by atoms with Crippen LogP contribution in [0.2, 0.25) is 0 Å². The van der Waals surface area contributed by atoms with Crippen LogP contribution in [0.3, 0.4) is 0 Å². The van der Waals surface area contributed by atoms with E-state index in [4.69, 9.17) is 0 Å². The normalized spacial score (nSPS) is 14.9. The van der Waals surface area contributed by atoms with Crippen molar-refractivity contribution in [3.05, 3.63) is 41.2 Å². The number of aromatic nitrogens is 2. The highest BCUT2D eigenvalue weighted by atomic mass is 15.2. The average Bonchev–Trinajstić information content (AvgIpc) is 2.47. The van der Waals surface area contributed by atoms with Crippen LogP contribution in [-0.2, 0) is 0 Å². The summed E-state index contributed by atoms with van der Waals surface area (Å²) in [7, 11) is 0. The molecule has 0 aliphatic carbocycles. The van der Waals surface area contributed by atoms with Crippen LogP contribution < -0.4 is 10.6 Å². The minimum absolute atomic E-state index is 0.574. The van der Waals surface area contributed by atoms with Crippen LogP contribution in [-0.4, -0.2) is 22.5 Å². The van der Waals surface area contributed by atoms with Crippen molar-refractivity contribution in [3.8, 4) is 0 Å². The lowest BCUT2D eigenvalue weighted by Gasteiger charge is -2.19. The number of hydrogen-bond acceptors (Lipinski definition) is 5. The van der Waals surface area contributed by atoms with Gasteiger partial charge in [-0.15, -0.1) is 0 Å². The van der Waals surface area contributed by atoms with Crippen LogP contribution in [0, 0.1) is 6.92 Å². The molecule has 0 unspecified atom stereocenters. The van der Waals surface area contributed by atoms with Gasteiger partial charge in [0.2, 0.25) is 11.9 Å². The SMILES string of the molecule is CCC1=C(C)NC(Nc2nc(C)c3ccccc3n2)=NC1. The summed E-state index contributed by atoms with van der Waals surface area (Å²) in [6.07, 6.45) is 1.02. The molecule has 5 nitrogen and oxygen atoms in total. The van der Waals surface area contributed by atoms with E-state index in [1.54, 1.807) is 0 Å². The maximum atomic E-state index is 4.54. The maximum Gasteiger partial charge on any atom is 0.230 e. The highest BCUT2D eigenvalue weighted by molar-refractivity contribution is 5.95. The number of aryl methyl sites for hydroxylation is 1. The molecule has 2 heterocycles. The third-order valence-electron chi connectivity index (χ3n) is 3.72. The quantitative estimate of drug-likeness (QED) is 0.888. The lowest BCUT2D eigenvalue weighted by atomic mass is 10.1. The maximum absolute atomic E-state index is 4.54. The van der Waals surface area contributed by atoms with Crippen molar-refractivity contribution < 1.29 is 0 Å². The van der Waals surface area contributed by atoms with E-state index in [1.165, 1.54) is 5.57 Å². The molecule has 1 aromatic carbocycles. The summed E-state index contributed by atoms with van der Waals surface area (Å²) in [5.41, 5.74) is 4.38. The molecular weight excluding hydrogens is 262 g/mol. The Labute approximate surface area is 124 Å². The molecule has 0 spiro atoms. The van der Waals surface area contributed by atoms with Gasteiger partial charge in [0.05, 0.1) is 17.8 Å². The second kappa shape index (κ2) is 5.52. The molecule has 0 bridgehead atoms. The van der Waals surface area contributed by atoms with Gasteiger partial charge in [-0.25, -0.2) is 15.0 Å². The third kappa shape index (κ3) is 2.72. The molecule has 0 radical (unpaired) electrons. The summed E-state index contributed by atoms with van der Waals surface area (Å²) in [5, 5.41) is 7.52. The summed E-state index contributed by atoms with van der Waals surface area (Å²) in [4.78, 5) is 13.5. The zero-order valence-electron chi connectivity index (χ0n) is 12.6. The number of nitrogens with one attached hydrogen (secondary N) is 2. The molecule has 2 N–H and O–H groups in total. The van der Waals surface area contributed by atoms with Crippen LogP contribution in [0.15, 0.2) is 40.5 Å². The molecular formula is C16H19N5. The van der Waals surface area contributed by atoms with Gasteiger partial charge < -0.3 is 5.32 Å². The summed E-state index contributed by atoms with van der Waals surface area (Å²) >= 11 is 0. The number of allylic oxidation sites excluding steroid dienone is 1. The Morgan fingerprint density at radius 1 is 1.19 bits per heavy atom. The van der Waals surface area contributed by atoms with Gasteiger partial charge in [-0.3, -0.25) is 5.32 Å². The predicted octanol–water partition coefficient (Wildman–Crippen LogP) is 2.99. The van der Waals surface area contributed by atoms with Gasteiger partial charge >= 0.3 is 0 Å². The van der Waals surface area contributed by atoms with Crippen molar-refractivity contribution in [2.24, 2.45) is 4.99 Å². The second-order valence-corrected chi connectivity index (χ2v) is 5.15. The molecule has 21 heavy (non-hydrogen) atoms. The molecule has 0 fully saturated rings. The zero-order chi connectivity index (χ0) is 14.8. The molecule has 0 saturated carbocycles. The summed E-state index contributed by atoms with van der Waals surface area (Å²) < 4.78 is 0. The van der Waals surface area contributed by atoms with Crippen LogP contribution >= 0.6 is 0 Å². The number of para-hydroxylation sites is 1. The molecule has 1 aliphatic rings. The van der Waals surface area contributed by atoms with Crippen molar-refractivity contribution in [3.63, 3.8) is 0 Å². The minimum Gasteiger partial charge on any atom is -0.330 e. The third-order valence-corrected chi connectivity index (χ3v) is 3.72. The van der Waals surface area contributed by atoms with Gasteiger partial charge in [-0.1, -0.05) is 25.1 Å². The molecule has 3 rings (SSSR count). The first-order valence-corrected chi connectivity index (χ1v) is 7.18. The number of fused-ring (bicyclic) bond motifs is 1. The summed E-state index contributed by atoms with van der Waals surface area (Å²) in [6.45, 7) is 6.93. The van der Waals surface area contributed by atoms with E-state index in [0.29, 0.717) is 11.9 Å². The van der Waals surface area contributed by atoms with Crippen LogP contribution in [0.4, 0.5) is 5.95 Å². The van der Waals surface area contributed by atoms with Gasteiger partial charge in [-0.2, -0.15) is 0 Å². The van der Waals surface area contributed by atoms with Gasteiger partial charge in [0.1, 0.15) is 0 Å². The van der Waals surface area contributed by atoms with E-state index in [-0.39, 0.29) is 0 Å². The molecule has 0 saturated heterocycles. The van der Waals surface area contributed by atoms with E-state index in [2.05, 4.69) is 39.4 Å². The first-order chi connectivity index (χ1) is 10.2. The van der Waals surface area contributed by atoms with E-state index in [0.717, 1.165) is 35.3 Å². The lowest BCUT2D eigenvalue weighted by molar-refractivity contribution is 0.888. The lowest BCUT2D eigenvalue weighted by Crippen LogP contribution is -2.34. The Morgan fingerprint density at radius 2 is 2.00 bits per heavy atom. The van der Waals surface area contributed by atoms with Crippen molar-refractivity contribution in [1.29, 1.82) is 0 Å². The fourth-order valence-electron chi connectivity index (χ4n) is 2.44. The van der Waals surface area contributed by atoms with Gasteiger partial charge in [0.25, 0.3) is 0 Å². The monoisotopic (exact) mass is 281 g/mol. The van der Waals surface area contributed by atoms with E-state index < -0.39 is 0 Å². The molecule has 1 aromatic heterocycles. The minimum atomic E-state index is 0.574. The van der Waals surface area contributed by atoms with Crippen LogP contribution in [0.1, 0.15) is 26.0 Å². The summed E-state index contributed by atoms with van der Waals surface area (Å²) in [6, 6.07) is 8.01. The molecule has 2 aromatic rings. The van der Waals surface area contributed by atoms with Crippen LogP contribution in [0.25, 0.3) is 10.9 Å². The number of hydrogen-bond donors (Lipinski definition) is 2. The van der Waals surface area contributed by atoms with Crippen molar-refractivity contribution in [2.75, 3.05) is 11.9 Å². The zero-order valence-corrected chi connectivity index (χ0v) is 12.6. The largest absolute Gasteiger partial charge is 0.330 e. The van der Waals surface area contributed by atoms with Crippen molar-refractivity contribution in [1.82, 2.24) is 15.3 Å². The molecule has 1 aliphatic heterocycles. The Morgan fingerprint density at radius 3 is 2.76 bits per heavy atom. The Balaban J connectivity index is 1.85. The van der Waals surface area contributed by atoms with Gasteiger partial charge in [0.15, 0.2) is 0 Å². The molecule has 5 heteroatoms. The smallest absolute Gasteiger partial charge is 0.230 e. The van der Waals surface area contributed by atoms with E-state index >= 15 is 0 Å². The fourth-order valence-corrected chi connectivity index (χ4v) is 2.44. The second-order valence-electron chi connectivity index (χ2n) is 5.15. The first kappa shape index (κ1) is 13.5. The number of nitrogens with zero attached hydrogens (tertiary/aromatic N) is 3. The summed E-state index contributed by atoms with van der Waals surface area (Å²) in [5.74, 6) is 1.28. The molecule has 108 valence electrons. The first-order valence-electron chi connectivity index (χ1n) is 7.18. The number of benzene rings is 1. The number of rotatable bonds is 2. The Kier molecular flexibility index (Phi) is 3.56. The van der Waals surface area contributed by atoms with Crippen molar-refractivity contribution >= 4 is 22.8 Å². The van der Waals surface area contributed by atoms with Crippen molar-refractivity contribution in [2.45, 2.75) is 27.2 Å². The topological polar surface area (TPSA) is 62.2 Å². The number of aliphatic imine (C=N–C) groups is 1. The molecule has 0 atom stereocenters. The standard InChI is InChI=1S/C16H19N5/c1-4-12-9-17-15(18-10(12)2)21-16-19-11(3)13-7-5-6-8-14(13)20-16/h5-8H,4,9H2,1-3H3,(H2,17,18,19,20,21). The highest BCUT2D eigenvalue weighted by Gasteiger charge is 2.12. The highest BCUT2D eigenvalue weighted by Crippen LogP contribution is 2.17.